The number of hydrogen-bond donors (Lipinski definition) is 2. The van der Waals surface area contributed by atoms with Crippen molar-refractivity contribution in [2.45, 2.75) is 18.4 Å². The fraction of sp³-hybridized carbons (Fsp3) is 0.375. The molecule has 24 heavy (non-hydrogen) atoms. The van der Waals surface area contributed by atoms with Gasteiger partial charge in [0.2, 0.25) is 5.91 Å². The van der Waals surface area contributed by atoms with Crippen LogP contribution in [-0.4, -0.2) is 53.5 Å². The summed E-state index contributed by atoms with van der Waals surface area (Å²) in [5.41, 5.74) is 3.32. The lowest BCUT2D eigenvalue weighted by Crippen LogP contribution is -2.74. The summed E-state index contributed by atoms with van der Waals surface area (Å²) in [5.74, 6) is -5.93. The summed E-state index contributed by atoms with van der Waals surface area (Å²) in [6.45, 7) is 0.365. The van der Waals surface area contributed by atoms with Gasteiger partial charge in [0.05, 0.1) is 20.2 Å². The maximum absolute atomic E-state index is 13.5. The molecule has 0 atom stereocenters. The number of nitrogens with two attached hydrogens (primary N) is 1. The van der Waals surface area contributed by atoms with Crippen molar-refractivity contribution in [3.63, 3.8) is 0 Å². The molecule has 0 saturated carbocycles. The van der Waals surface area contributed by atoms with E-state index in [1.165, 1.54) is 13.2 Å². The molecule has 6 nitrogen and oxygen atoms in total. The summed E-state index contributed by atoms with van der Waals surface area (Å²) in [4.78, 5) is 23.9. The van der Waals surface area contributed by atoms with Crippen LogP contribution in [0, 0.1) is 0 Å². The van der Waals surface area contributed by atoms with Gasteiger partial charge in [0.15, 0.2) is 5.60 Å². The first-order valence-electron chi connectivity index (χ1n) is 7.12. The lowest BCUT2D eigenvalue weighted by atomic mass is 9.86. The molecule has 0 aliphatic carbocycles. The molecule has 0 radical (unpaired) electrons. The van der Waals surface area contributed by atoms with Gasteiger partial charge in [-0.15, -0.1) is 0 Å². The van der Waals surface area contributed by atoms with E-state index in [1.54, 1.807) is 31.2 Å². The van der Waals surface area contributed by atoms with E-state index in [0.717, 1.165) is 10.5 Å². The van der Waals surface area contributed by atoms with Crippen molar-refractivity contribution in [2.24, 2.45) is 5.73 Å². The molecule has 1 saturated heterocycles. The molecule has 1 aliphatic rings. The second-order valence-corrected chi connectivity index (χ2v) is 5.72. The highest BCUT2D eigenvalue weighted by Gasteiger charge is 2.64. The number of carbonyl (C=O) groups is 2. The number of primary amides is 1. The first-order chi connectivity index (χ1) is 11.1. The van der Waals surface area contributed by atoms with Gasteiger partial charge in [-0.1, -0.05) is 12.1 Å². The number of likely N-dealkylation sites (tertiary alicyclic amines) is 1. The Morgan fingerprint density at radius 3 is 2.58 bits per heavy atom. The number of halogens is 2. The van der Waals surface area contributed by atoms with Gasteiger partial charge >= 0.3 is 5.92 Å². The standard InChI is InChI=1S/C16H18F2N2O4/c1-10(11-4-3-5-12(7-11)24-2)6-13(21)20-8-15(23,9-20)16(17,18)14(19)22/h3-7,23H,8-9H2,1-2H3,(H2,19,22)/b10-6+. The highest BCUT2D eigenvalue weighted by atomic mass is 19.3. The lowest BCUT2D eigenvalue weighted by Gasteiger charge is -2.48. The van der Waals surface area contributed by atoms with E-state index in [9.17, 15) is 23.5 Å². The molecule has 1 fully saturated rings. The van der Waals surface area contributed by atoms with Crippen LogP contribution < -0.4 is 10.5 Å². The number of alkyl halides is 2. The lowest BCUT2D eigenvalue weighted by molar-refractivity contribution is -0.230. The van der Waals surface area contributed by atoms with Crippen molar-refractivity contribution in [2.75, 3.05) is 20.2 Å². The quantitative estimate of drug-likeness (QED) is 0.775. The highest BCUT2D eigenvalue weighted by molar-refractivity contribution is 5.96. The van der Waals surface area contributed by atoms with E-state index in [4.69, 9.17) is 4.74 Å². The molecule has 2 amide bonds. The number of allylic oxidation sites excluding steroid dienone is 1. The van der Waals surface area contributed by atoms with Gasteiger partial charge in [0, 0.05) is 6.08 Å². The Kier molecular flexibility index (Phi) is 4.61. The van der Waals surface area contributed by atoms with Crippen LogP contribution in [0.1, 0.15) is 12.5 Å². The minimum Gasteiger partial charge on any atom is -0.497 e. The SMILES string of the molecule is COc1cccc(/C(C)=C/C(=O)N2CC(O)(C(F)(F)C(N)=O)C2)c1. The molecule has 0 unspecified atom stereocenters. The first kappa shape index (κ1) is 17.9. The normalized spacial score (nSPS) is 17.2. The first-order valence-corrected chi connectivity index (χ1v) is 7.12. The second-order valence-electron chi connectivity index (χ2n) is 5.72. The summed E-state index contributed by atoms with van der Waals surface area (Å²) in [6.07, 6.45) is 1.27. The maximum atomic E-state index is 13.5. The van der Waals surface area contributed by atoms with Crippen molar-refractivity contribution in [3.05, 3.63) is 35.9 Å². The van der Waals surface area contributed by atoms with Crippen molar-refractivity contribution in [1.82, 2.24) is 4.90 Å². The minimum absolute atomic E-state index is 0.541. The number of nitrogens with zero attached hydrogens (tertiary/aromatic N) is 1. The van der Waals surface area contributed by atoms with Gasteiger partial charge in [-0.25, -0.2) is 0 Å². The molecule has 0 aromatic heterocycles. The number of amides is 2. The average molecular weight is 340 g/mol. The maximum Gasteiger partial charge on any atom is 0.355 e. The predicted octanol–water partition coefficient (Wildman–Crippen LogP) is 0.792. The fourth-order valence-electron chi connectivity index (χ4n) is 2.40. The van der Waals surface area contributed by atoms with Gasteiger partial charge in [-0.3, -0.25) is 9.59 Å². The molecule has 1 aromatic rings. The van der Waals surface area contributed by atoms with E-state index >= 15 is 0 Å². The topological polar surface area (TPSA) is 92.9 Å². The molecule has 1 heterocycles. The van der Waals surface area contributed by atoms with E-state index in [0.29, 0.717) is 11.3 Å². The summed E-state index contributed by atoms with van der Waals surface area (Å²) in [5, 5.41) is 9.77. The molecular weight excluding hydrogens is 322 g/mol. The van der Waals surface area contributed by atoms with E-state index < -0.39 is 36.4 Å². The van der Waals surface area contributed by atoms with Crippen LogP contribution in [-0.2, 0) is 9.59 Å². The van der Waals surface area contributed by atoms with Gasteiger partial charge in [-0.05, 0) is 30.2 Å². The highest BCUT2D eigenvalue weighted by Crippen LogP contribution is 2.36. The number of carbonyl (C=O) groups excluding carboxylic acids is 2. The number of hydrogen-bond acceptors (Lipinski definition) is 4. The number of benzene rings is 1. The monoisotopic (exact) mass is 340 g/mol. The van der Waals surface area contributed by atoms with Crippen LogP contribution in [0.5, 0.6) is 5.75 Å². The molecule has 1 aliphatic heterocycles. The van der Waals surface area contributed by atoms with Crippen LogP contribution in [0.25, 0.3) is 5.57 Å². The number of β-amino-alcohol motifs (C(OH)–C–C–N with tert-alkyl or cyclic N) is 1. The summed E-state index contributed by atoms with van der Waals surface area (Å²) < 4.78 is 32.2. The summed E-state index contributed by atoms with van der Waals surface area (Å²) in [7, 11) is 1.52. The van der Waals surface area contributed by atoms with E-state index in [1.807, 2.05) is 0 Å². The molecular formula is C16H18F2N2O4. The summed E-state index contributed by atoms with van der Waals surface area (Å²) in [6, 6.07) is 7.01. The van der Waals surface area contributed by atoms with Crippen molar-refractivity contribution < 1.29 is 28.2 Å². The van der Waals surface area contributed by atoms with E-state index in [2.05, 4.69) is 5.73 Å². The third-order valence-corrected chi connectivity index (χ3v) is 3.98. The van der Waals surface area contributed by atoms with Crippen molar-refractivity contribution in [3.8, 4) is 5.75 Å². The molecule has 2 rings (SSSR count). The van der Waals surface area contributed by atoms with Crippen LogP contribution in [0.2, 0.25) is 0 Å². The Labute approximate surface area is 137 Å². The van der Waals surface area contributed by atoms with Crippen LogP contribution >= 0.6 is 0 Å². The van der Waals surface area contributed by atoms with Crippen LogP contribution in [0.15, 0.2) is 30.3 Å². The average Bonchev–Trinajstić information content (AvgIpc) is 2.51. The Hall–Kier alpha value is -2.48. The van der Waals surface area contributed by atoms with Crippen molar-refractivity contribution in [1.29, 1.82) is 0 Å². The smallest absolute Gasteiger partial charge is 0.355 e. The predicted molar refractivity (Wildman–Crippen MR) is 82.3 cm³/mol. The third-order valence-electron chi connectivity index (χ3n) is 3.98. The van der Waals surface area contributed by atoms with Crippen LogP contribution in [0.4, 0.5) is 8.78 Å². The molecule has 8 heteroatoms. The number of methoxy groups -OCH3 is 1. The molecule has 0 spiro atoms. The Balaban J connectivity index is 2.08. The zero-order chi connectivity index (χ0) is 18.1. The van der Waals surface area contributed by atoms with E-state index in [-0.39, 0.29) is 0 Å². The Morgan fingerprint density at radius 2 is 2.04 bits per heavy atom. The second kappa shape index (κ2) is 6.20. The van der Waals surface area contributed by atoms with Gasteiger partial charge in [-0.2, -0.15) is 8.78 Å². The van der Waals surface area contributed by atoms with Gasteiger partial charge in [0.1, 0.15) is 5.75 Å². The zero-order valence-electron chi connectivity index (χ0n) is 13.3. The van der Waals surface area contributed by atoms with Gasteiger partial charge in [0.25, 0.3) is 5.91 Å². The zero-order valence-corrected chi connectivity index (χ0v) is 13.3. The Bertz CT molecular complexity index is 697. The molecule has 1 aromatic carbocycles. The van der Waals surface area contributed by atoms with Crippen LogP contribution in [0.3, 0.4) is 0 Å². The largest absolute Gasteiger partial charge is 0.497 e. The van der Waals surface area contributed by atoms with Crippen molar-refractivity contribution >= 4 is 17.4 Å². The minimum atomic E-state index is -4.09. The number of ether oxygens (including phenoxy) is 1. The third kappa shape index (κ3) is 3.09. The number of aliphatic hydroxyl groups is 1. The number of rotatable bonds is 5. The molecule has 0 bridgehead atoms. The molecule has 3 N–H and O–H groups in total. The Morgan fingerprint density at radius 1 is 1.42 bits per heavy atom. The fourth-order valence-corrected chi connectivity index (χ4v) is 2.40. The summed E-state index contributed by atoms with van der Waals surface area (Å²) >= 11 is 0. The molecule has 130 valence electrons. The van der Waals surface area contributed by atoms with Gasteiger partial charge < -0.3 is 20.5 Å².